The largest absolute Gasteiger partial charge is 0.311 e. The first kappa shape index (κ1) is 15.0. The van der Waals surface area contributed by atoms with Crippen LogP contribution in [0.4, 0.5) is 0 Å². The molecule has 2 heteroatoms. The summed E-state index contributed by atoms with van der Waals surface area (Å²) in [5.74, 6) is 0. The van der Waals surface area contributed by atoms with E-state index < -0.39 is 0 Å². The number of likely N-dealkylation sites (tertiary alicyclic amines) is 1. The van der Waals surface area contributed by atoms with Gasteiger partial charge in [-0.1, -0.05) is 19.8 Å². The van der Waals surface area contributed by atoms with Crippen molar-refractivity contribution < 1.29 is 0 Å². The van der Waals surface area contributed by atoms with Gasteiger partial charge >= 0.3 is 0 Å². The average Bonchev–Trinajstić information content (AvgIpc) is 2.52. The lowest BCUT2D eigenvalue weighted by Gasteiger charge is -2.25. The van der Waals surface area contributed by atoms with Crippen molar-refractivity contribution >= 4 is 0 Å². The Morgan fingerprint density at radius 2 is 1.94 bits per heavy atom. The quantitative estimate of drug-likeness (QED) is 0.765. The van der Waals surface area contributed by atoms with Crippen LogP contribution in [-0.4, -0.2) is 36.1 Å². The fraction of sp³-hybridized carbons (Fsp3) is 1.00. The maximum Gasteiger partial charge on any atom is 0.00821 e. The van der Waals surface area contributed by atoms with Crippen LogP contribution in [0.25, 0.3) is 0 Å². The van der Waals surface area contributed by atoms with Gasteiger partial charge < -0.3 is 10.2 Å². The molecule has 0 aliphatic carbocycles. The zero-order chi connectivity index (χ0) is 12.7. The molecule has 2 atom stereocenters. The molecule has 1 aliphatic heterocycles. The minimum atomic E-state index is 0.700. The number of nitrogens with zero attached hydrogens (tertiary/aromatic N) is 1. The molecule has 0 aromatic carbocycles. The number of unbranched alkanes of at least 4 members (excludes halogenated alkanes) is 1. The van der Waals surface area contributed by atoms with Gasteiger partial charge in [-0.05, 0) is 59.5 Å². The molecule has 0 bridgehead atoms. The van der Waals surface area contributed by atoms with E-state index in [-0.39, 0.29) is 0 Å². The Bertz CT molecular complexity index is 191. The average molecular weight is 240 g/mol. The summed E-state index contributed by atoms with van der Waals surface area (Å²) >= 11 is 0. The monoisotopic (exact) mass is 240 g/mol. The SMILES string of the molecule is CCCCC(C)NC1CCCN(C(C)C)CC1. The second-order valence-corrected chi connectivity index (χ2v) is 5.97. The summed E-state index contributed by atoms with van der Waals surface area (Å²) in [5.41, 5.74) is 0. The number of nitrogens with one attached hydrogen (secondary N) is 1. The third-order valence-electron chi connectivity index (χ3n) is 4.00. The van der Waals surface area contributed by atoms with E-state index in [1.807, 2.05) is 0 Å². The normalized spacial score (nSPS) is 24.9. The van der Waals surface area contributed by atoms with Crippen LogP contribution < -0.4 is 5.32 Å². The first-order valence-electron chi connectivity index (χ1n) is 7.63. The molecule has 1 N–H and O–H groups in total. The van der Waals surface area contributed by atoms with Crippen LogP contribution in [0.15, 0.2) is 0 Å². The zero-order valence-electron chi connectivity index (χ0n) is 12.3. The number of hydrogen-bond acceptors (Lipinski definition) is 2. The van der Waals surface area contributed by atoms with Gasteiger partial charge in [-0.3, -0.25) is 0 Å². The molecule has 0 spiro atoms. The highest BCUT2D eigenvalue weighted by molar-refractivity contribution is 4.78. The van der Waals surface area contributed by atoms with Crippen LogP contribution >= 0.6 is 0 Å². The Morgan fingerprint density at radius 1 is 1.18 bits per heavy atom. The fourth-order valence-electron chi connectivity index (χ4n) is 2.80. The van der Waals surface area contributed by atoms with Gasteiger partial charge in [0.25, 0.3) is 0 Å². The Hall–Kier alpha value is -0.0800. The van der Waals surface area contributed by atoms with Gasteiger partial charge in [0.1, 0.15) is 0 Å². The fourth-order valence-corrected chi connectivity index (χ4v) is 2.80. The van der Waals surface area contributed by atoms with Gasteiger partial charge in [-0.2, -0.15) is 0 Å². The van der Waals surface area contributed by atoms with Crippen molar-refractivity contribution in [1.82, 2.24) is 10.2 Å². The van der Waals surface area contributed by atoms with Gasteiger partial charge in [-0.25, -0.2) is 0 Å². The minimum absolute atomic E-state index is 0.700. The first-order valence-corrected chi connectivity index (χ1v) is 7.63. The highest BCUT2D eigenvalue weighted by Gasteiger charge is 2.19. The predicted molar refractivity (Wildman–Crippen MR) is 76.5 cm³/mol. The maximum atomic E-state index is 3.83. The number of rotatable bonds is 6. The summed E-state index contributed by atoms with van der Waals surface area (Å²) in [4.78, 5) is 2.62. The lowest BCUT2D eigenvalue weighted by atomic mass is 10.1. The molecule has 0 amide bonds. The Kier molecular flexibility index (Phi) is 7.14. The van der Waals surface area contributed by atoms with Gasteiger partial charge in [0.05, 0.1) is 0 Å². The first-order chi connectivity index (χ1) is 8.13. The second kappa shape index (κ2) is 8.10. The Labute approximate surface area is 108 Å². The summed E-state index contributed by atoms with van der Waals surface area (Å²) in [7, 11) is 0. The standard InChI is InChI=1S/C15H32N2/c1-5-6-8-14(4)16-15-9-7-11-17(12-10-15)13(2)3/h13-16H,5-12H2,1-4H3. The van der Waals surface area contributed by atoms with E-state index >= 15 is 0 Å². The molecular weight excluding hydrogens is 208 g/mol. The summed E-state index contributed by atoms with van der Waals surface area (Å²) in [6.07, 6.45) is 8.06. The van der Waals surface area contributed by atoms with Crippen molar-refractivity contribution in [3.8, 4) is 0 Å². The van der Waals surface area contributed by atoms with E-state index in [0.29, 0.717) is 12.1 Å². The minimum Gasteiger partial charge on any atom is -0.311 e. The van der Waals surface area contributed by atoms with Crippen molar-refractivity contribution in [3.05, 3.63) is 0 Å². The molecule has 2 nitrogen and oxygen atoms in total. The molecule has 0 radical (unpaired) electrons. The molecule has 1 rings (SSSR count). The highest BCUT2D eigenvalue weighted by Crippen LogP contribution is 2.14. The van der Waals surface area contributed by atoms with Gasteiger partial charge in [0, 0.05) is 18.1 Å². The summed E-state index contributed by atoms with van der Waals surface area (Å²) < 4.78 is 0. The van der Waals surface area contributed by atoms with Gasteiger partial charge in [0.15, 0.2) is 0 Å². The van der Waals surface area contributed by atoms with Crippen molar-refractivity contribution in [1.29, 1.82) is 0 Å². The van der Waals surface area contributed by atoms with Crippen LogP contribution in [0, 0.1) is 0 Å². The highest BCUT2D eigenvalue weighted by atomic mass is 15.1. The zero-order valence-corrected chi connectivity index (χ0v) is 12.3. The Morgan fingerprint density at radius 3 is 2.59 bits per heavy atom. The van der Waals surface area contributed by atoms with E-state index in [9.17, 15) is 0 Å². The summed E-state index contributed by atoms with van der Waals surface area (Å²) in [5, 5.41) is 3.83. The van der Waals surface area contributed by atoms with E-state index in [2.05, 4.69) is 37.9 Å². The van der Waals surface area contributed by atoms with Crippen LogP contribution in [0.1, 0.15) is 66.2 Å². The lowest BCUT2D eigenvalue weighted by molar-refractivity contribution is 0.228. The van der Waals surface area contributed by atoms with Crippen molar-refractivity contribution in [2.75, 3.05) is 13.1 Å². The topological polar surface area (TPSA) is 15.3 Å². The molecule has 0 aromatic rings. The third-order valence-corrected chi connectivity index (χ3v) is 4.00. The smallest absolute Gasteiger partial charge is 0.00821 e. The summed E-state index contributed by atoms with van der Waals surface area (Å²) in [6, 6.07) is 2.17. The molecule has 17 heavy (non-hydrogen) atoms. The van der Waals surface area contributed by atoms with Gasteiger partial charge in [-0.15, -0.1) is 0 Å². The van der Waals surface area contributed by atoms with Crippen LogP contribution in [-0.2, 0) is 0 Å². The molecule has 1 saturated heterocycles. The second-order valence-electron chi connectivity index (χ2n) is 5.97. The van der Waals surface area contributed by atoms with Crippen LogP contribution in [0.2, 0.25) is 0 Å². The van der Waals surface area contributed by atoms with E-state index in [4.69, 9.17) is 0 Å². The molecule has 1 aliphatic rings. The van der Waals surface area contributed by atoms with Crippen LogP contribution in [0.3, 0.4) is 0 Å². The van der Waals surface area contributed by atoms with Crippen LogP contribution in [0.5, 0.6) is 0 Å². The third kappa shape index (κ3) is 5.87. The molecule has 2 unspecified atom stereocenters. The Balaban J connectivity index is 2.26. The van der Waals surface area contributed by atoms with E-state index in [1.165, 1.54) is 51.6 Å². The molecule has 102 valence electrons. The maximum absolute atomic E-state index is 3.83. The van der Waals surface area contributed by atoms with E-state index in [0.717, 1.165) is 6.04 Å². The van der Waals surface area contributed by atoms with Crippen molar-refractivity contribution in [2.45, 2.75) is 84.3 Å². The molecule has 0 aromatic heterocycles. The molecular formula is C15H32N2. The molecule has 1 fully saturated rings. The number of hydrogen-bond donors (Lipinski definition) is 1. The summed E-state index contributed by atoms with van der Waals surface area (Å²) in [6.45, 7) is 11.8. The van der Waals surface area contributed by atoms with E-state index in [1.54, 1.807) is 0 Å². The lowest BCUT2D eigenvalue weighted by Crippen LogP contribution is -2.38. The molecule has 0 saturated carbocycles. The van der Waals surface area contributed by atoms with Gasteiger partial charge in [0.2, 0.25) is 0 Å². The van der Waals surface area contributed by atoms with Crippen molar-refractivity contribution in [3.63, 3.8) is 0 Å². The predicted octanol–water partition coefficient (Wildman–Crippen LogP) is 3.42. The van der Waals surface area contributed by atoms with Crippen molar-refractivity contribution in [2.24, 2.45) is 0 Å². The molecule has 1 heterocycles.